The first-order valence-corrected chi connectivity index (χ1v) is 2.77. The molecule has 0 aromatic heterocycles. The molecule has 0 fully saturated rings. The minimum Gasteiger partial charge on any atom is -0.300 e. The van der Waals surface area contributed by atoms with Gasteiger partial charge in [0.2, 0.25) is 0 Å². The first kappa shape index (κ1) is 7.98. The van der Waals surface area contributed by atoms with E-state index in [1.807, 2.05) is 0 Å². The minimum absolute atomic E-state index is 0.142. The number of rotatable bonds is 4. The first-order chi connectivity index (χ1) is 4.27. The van der Waals surface area contributed by atoms with Gasteiger partial charge >= 0.3 is 0 Å². The highest BCUT2D eigenvalue weighted by Crippen LogP contribution is 1.89. The van der Waals surface area contributed by atoms with Crippen molar-refractivity contribution in [1.82, 2.24) is 0 Å². The molecule has 0 spiro atoms. The van der Waals surface area contributed by atoms with Gasteiger partial charge in [-0.2, -0.15) is 0 Å². The van der Waals surface area contributed by atoms with Gasteiger partial charge in [0.05, 0.1) is 0 Å². The molecule has 0 heterocycles. The SMILES string of the molecule is CC(=O)CCCN=[N+]=[N-]. The number of azide groups is 1. The summed E-state index contributed by atoms with van der Waals surface area (Å²) < 4.78 is 0. The maximum absolute atomic E-state index is 10.3. The topological polar surface area (TPSA) is 65.8 Å². The Bertz CT molecular complexity index is 135. The summed E-state index contributed by atoms with van der Waals surface area (Å²) in [7, 11) is 0. The van der Waals surface area contributed by atoms with Crippen LogP contribution in [0.1, 0.15) is 19.8 Å². The molecule has 9 heavy (non-hydrogen) atoms. The maximum atomic E-state index is 10.3. The number of hydrogen-bond donors (Lipinski definition) is 0. The minimum atomic E-state index is 0.142. The van der Waals surface area contributed by atoms with Gasteiger partial charge in [-0.3, -0.25) is 0 Å². The lowest BCUT2D eigenvalue weighted by Gasteiger charge is -1.87. The van der Waals surface area contributed by atoms with Crippen LogP contribution < -0.4 is 0 Å². The molecule has 0 amide bonds. The Morgan fingerprint density at radius 1 is 1.78 bits per heavy atom. The summed E-state index contributed by atoms with van der Waals surface area (Å²) in [6, 6.07) is 0. The molecule has 0 unspecified atom stereocenters. The number of hydrogen-bond acceptors (Lipinski definition) is 2. The van der Waals surface area contributed by atoms with Gasteiger partial charge in [0, 0.05) is 17.9 Å². The van der Waals surface area contributed by atoms with Gasteiger partial charge in [-0.1, -0.05) is 5.11 Å². The molecule has 50 valence electrons. The fourth-order valence-corrected chi connectivity index (χ4v) is 0.443. The Balaban J connectivity index is 3.10. The zero-order chi connectivity index (χ0) is 7.11. The second kappa shape index (κ2) is 5.12. The van der Waals surface area contributed by atoms with E-state index in [-0.39, 0.29) is 5.78 Å². The zero-order valence-corrected chi connectivity index (χ0v) is 5.37. The summed E-state index contributed by atoms with van der Waals surface area (Å²) in [6.45, 7) is 1.95. The van der Waals surface area contributed by atoms with E-state index in [1.54, 1.807) is 0 Å². The normalized spacial score (nSPS) is 8.11. The smallest absolute Gasteiger partial charge is 0.129 e. The van der Waals surface area contributed by atoms with E-state index in [4.69, 9.17) is 5.53 Å². The molecule has 4 nitrogen and oxygen atoms in total. The highest BCUT2D eigenvalue weighted by Gasteiger charge is 1.89. The van der Waals surface area contributed by atoms with E-state index in [9.17, 15) is 4.79 Å². The van der Waals surface area contributed by atoms with Gasteiger partial charge in [0.15, 0.2) is 0 Å². The molecule has 0 aliphatic carbocycles. The number of carbonyl (C=O) groups is 1. The third-order valence-corrected chi connectivity index (χ3v) is 0.850. The molecular formula is C5H9N3O. The van der Waals surface area contributed by atoms with Crippen molar-refractivity contribution in [2.24, 2.45) is 5.11 Å². The Kier molecular flexibility index (Phi) is 4.54. The lowest BCUT2D eigenvalue weighted by atomic mass is 10.2. The molecule has 0 saturated carbocycles. The molecule has 0 N–H and O–H groups in total. The molecule has 0 saturated heterocycles. The highest BCUT2D eigenvalue weighted by molar-refractivity contribution is 5.75. The van der Waals surface area contributed by atoms with Gasteiger partial charge in [-0.05, 0) is 18.9 Å². The molecule has 0 aliphatic heterocycles. The Morgan fingerprint density at radius 2 is 2.44 bits per heavy atom. The summed E-state index contributed by atoms with van der Waals surface area (Å²) in [5.74, 6) is 0.142. The number of Topliss-reactive ketones (excluding diaryl/α,β-unsaturated/α-hetero) is 1. The van der Waals surface area contributed by atoms with E-state index in [1.165, 1.54) is 6.92 Å². The standard InChI is InChI=1S/C5H9N3O/c1-5(9)3-2-4-7-8-6/h2-4H2,1H3. The van der Waals surface area contributed by atoms with Crippen molar-refractivity contribution in [3.63, 3.8) is 0 Å². The zero-order valence-electron chi connectivity index (χ0n) is 5.37. The second-order valence-electron chi connectivity index (χ2n) is 1.76. The summed E-state index contributed by atoms with van der Waals surface area (Å²) in [5.41, 5.74) is 7.80. The van der Waals surface area contributed by atoms with Crippen molar-refractivity contribution >= 4 is 5.78 Å². The number of ketones is 1. The van der Waals surface area contributed by atoms with Crippen molar-refractivity contribution in [2.75, 3.05) is 6.54 Å². The lowest BCUT2D eigenvalue weighted by molar-refractivity contribution is -0.117. The van der Waals surface area contributed by atoms with Crippen LogP contribution in [0.15, 0.2) is 5.11 Å². The molecule has 4 heteroatoms. The average molecular weight is 127 g/mol. The molecule has 0 bridgehead atoms. The van der Waals surface area contributed by atoms with Crippen molar-refractivity contribution in [3.8, 4) is 0 Å². The van der Waals surface area contributed by atoms with Crippen LogP contribution in [0.25, 0.3) is 10.4 Å². The van der Waals surface area contributed by atoms with Crippen molar-refractivity contribution < 1.29 is 4.79 Å². The summed E-state index contributed by atoms with van der Waals surface area (Å²) in [6.07, 6.45) is 1.18. The van der Waals surface area contributed by atoms with Gasteiger partial charge in [-0.25, -0.2) is 0 Å². The van der Waals surface area contributed by atoms with Crippen LogP contribution >= 0.6 is 0 Å². The Hall–Kier alpha value is -1.02. The van der Waals surface area contributed by atoms with Crippen molar-refractivity contribution in [3.05, 3.63) is 10.4 Å². The third-order valence-electron chi connectivity index (χ3n) is 0.850. The summed E-state index contributed by atoms with van der Waals surface area (Å²) in [4.78, 5) is 12.8. The highest BCUT2D eigenvalue weighted by atomic mass is 16.1. The fourth-order valence-electron chi connectivity index (χ4n) is 0.443. The van der Waals surface area contributed by atoms with Gasteiger partial charge in [0.25, 0.3) is 0 Å². The molecular weight excluding hydrogens is 118 g/mol. The van der Waals surface area contributed by atoms with E-state index in [2.05, 4.69) is 10.0 Å². The number of carbonyl (C=O) groups excluding carboxylic acids is 1. The Morgan fingerprint density at radius 3 is 2.89 bits per heavy atom. The molecule has 0 rings (SSSR count). The maximum Gasteiger partial charge on any atom is 0.129 e. The predicted molar refractivity (Wildman–Crippen MR) is 33.9 cm³/mol. The first-order valence-electron chi connectivity index (χ1n) is 2.77. The van der Waals surface area contributed by atoms with Crippen LogP contribution in [0.5, 0.6) is 0 Å². The van der Waals surface area contributed by atoms with Crippen LogP contribution in [0.2, 0.25) is 0 Å². The lowest BCUT2D eigenvalue weighted by Crippen LogP contribution is -1.90. The van der Waals surface area contributed by atoms with Crippen molar-refractivity contribution in [2.45, 2.75) is 19.8 Å². The second-order valence-corrected chi connectivity index (χ2v) is 1.76. The number of nitrogens with zero attached hydrogens (tertiary/aromatic N) is 3. The predicted octanol–water partition coefficient (Wildman–Crippen LogP) is 1.67. The average Bonchev–Trinajstić information content (AvgIpc) is 1.80. The van der Waals surface area contributed by atoms with Crippen molar-refractivity contribution in [1.29, 1.82) is 0 Å². The Labute approximate surface area is 53.5 Å². The molecule has 0 aliphatic rings. The van der Waals surface area contributed by atoms with Gasteiger partial charge in [-0.15, -0.1) is 0 Å². The van der Waals surface area contributed by atoms with E-state index < -0.39 is 0 Å². The van der Waals surface area contributed by atoms with E-state index >= 15 is 0 Å². The molecule has 0 aromatic rings. The van der Waals surface area contributed by atoms with E-state index in [0.717, 1.165) is 0 Å². The molecule has 0 aromatic carbocycles. The summed E-state index contributed by atoms with van der Waals surface area (Å²) >= 11 is 0. The van der Waals surface area contributed by atoms with Crippen LogP contribution in [0.3, 0.4) is 0 Å². The van der Waals surface area contributed by atoms with Crippen LogP contribution in [0.4, 0.5) is 0 Å². The third kappa shape index (κ3) is 6.98. The summed E-state index contributed by atoms with van der Waals surface area (Å²) in [5, 5.41) is 3.27. The van der Waals surface area contributed by atoms with Gasteiger partial charge < -0.3 is 4.79 Å². The van der Waals surface area contributed by atoms with E-state index in [0.29, 0.717) is 19.4 Å². The molecule has 0 atom stereocenters. The molecule has 0 radical (unpaired) electrons. The van der Waals surface area contributed by atoms with Crippen LogP contribution in [-0.2, 0) is 4.79 Å². The monoisotopic (exact) mass is 127 g/mol. The van der Waals surface area contributed by atoms with Gasteiger partial charge in [0.1, 0.15) is 5.78 Å². The largest absolute Gasteiger partial charge is 0.300 e. The fraction of sp³-hybridized carbons (Fsp3) is 0.800. The van der Waals surface area contributed by atoms with Crippen LogP contribution in [0, 0.1) is 0 Å². The van der Waals surface area contributed by atoms with Crippen LogP contribution in [-0.4, -0.2) is 12.3 Å². The quantitative estimate of drug-likeness (QED) is 0.245.